The third-order valence-electron chi connectivity index (χ3n) is 6.56. The van der Waals surface area contributed by atoms with Crippen LogP contribution in [0.4, 0.5) is 11.4 Å². The van der Waals surface area contributed by atoms with Gasteiger partial charge in [0.2, 0.25) is 0 Å². The summed E-state index contributed by atoms with van der Waals surface area (Å²) in [6.45, 7) is 3.86. The summed E-state index contributed by atoms with van der Waals surface area (Å²) in [7, 11) is 0. The fourth-order valence-electron chi connectivity index (χ4n) is 4.58. The Balaban J connectivity index is 1.38. The maximum atomic E-state index is 12.6. The summed E-state index contributed by atoms with van der Waals surface area (Å²) in [5.74, 6) is -0.0172. The summed E-state index contributed by atoms with van der Waals surface area (Å²) in [5.41, 5.74) is 14.6. The summed E-state index contributed by atoms with van der Waals surface area (Å²) in [6, 6.07) is 12.1. The number of ether oxygens (including phenoxy) is 2. The molecule has 1 fully saturated rings. The van der Waals surface area contributed by atoms with Gasteiger partial charge in [0.05, 0.1) is 5.56 Å². The lowest BCUT2D eigenvalue weighted by Gasteiger charge is -2.28. The molecule has 0 bridgehead atoms. The molecule has 0 heterocycles. The van der Waals surface area contributed by atoms with Gasteiger partial charge in [-0.25, -0.2) is 9.59 Å². The van der Waals surface area contributed by atoms with Crippen molar-refractivity contribution in [2.45, 2.75) is 70.5 Å². The maximum absolute atomic E-state index is 12.6. The molecule has 2 aromatic carbocycles. The lowest BCUT2D eigenvalue weighted by molar-refractivity contribution is -0.138. The Morgan fingerprint density at radius 2 is 1.64 bits per heavy atom. The Bertz CT molecular complexity index is 1020. The van der Waals surface area contributed by atoms with Crippen LogP contribution in [-0.2, 0) is 20.9 Å². The van der Waals surface area contributed by atoms with Gasteiger partial charge in [-0.3, -0.25) is 0 Å². The standard InChI is InChI=1S/C30H38N2O4/c1-2-3-4-5-6-7-22-10-15-28(16-11-22)36-30(34)25-13-8-23(9-14-25)12-17-29(33)35-21-24-18-26(31)20-27(32)19-24/h2,8-9,12-14,17-20,22,28H,1,3-7,10-11,15-16,21,31-32H2/b17-12+. The zero-order valence-corrected chi connectivity index (χ0v) is 21.0. The van der Waals surface area contributed by atoms with Gasteiger partial charge in [0.1, 0.15) is 12.7 Å². The topological polar surface area (TPSA) is 105 Å². The molecule has 0 radical (unpaired) electrons. The predicted molar refractivity (Wildman–Crippen MR) is 145 cm³/mol. The minimum atomic E-state index is -0.480. The van der Waals surface area contributed by atoms with E-state index in [1.807, 2.05) is 6.08 Å². The zero-order chi connectivity index (χ0) is 25.8. The minimum absolute atomic E-state index is 0.000766. The van der Waals surface area contributed by atoms with Crippen molar-refractivity contribution in [3.63, 3.8) is 0 Å². The first-order valence-electron chi connectivity index (χ1n) is 12.8. The molecule has 1 aliphatic rings. The van der Waals surface area contributed by atoms with Crippen LogP contribution < -0.4 is 11.5 Å². The van der Waals surface area contributed by atoms with Gasteiger partial charge < -0.3 is 20.9 Å². The van der Waals surface area contributed by atoms with Gasteiger partial charge >= 0.3 is 11.9 Å². The molecular weight excluding hydrogens is 452 g/mol. The molecule has 1 aliphatic carbocycles. The van der Waals surface area contributed by atoms with E-state index in [1.165, 1.54) is 31.8 Å². The quantitative estimate of drug-likeness (QED) is 0.116. The first kappa shape index (κ1) is 27.1. The number of rotatable bonds is 12. The third-order valence-corrected chi connectivity index (χ3v) is 6.56. The number of anilines is 2. The highest BCUT2D eigenvalue weighted by atomic mass is 16.5. The van der Waals surface area contributed by atoms with Crippen LogP contribution in [0.5, 0.6) is 0 Å². The van der Waals surface area contributed by atoms with Crippen LogP contribution in [0.15, 0.2) is 61.2 Å². The predicted octanol–water partition coefficient (Wildman–Crippen LogP) is 6.46. The summed E-state index contributed by atoms with van der Waals surface area (Å²) >= 11 is 0. The zero-order valence-electron chi connectivity index (χ0n) is 21.0. The molecule has 36 heavy (non-hydrogen) atoms. The fraction of sp³-hybridized carbons (Fsp3) is 0.400. The van der Waals surface area contributed by atoms with Crippen molar-refractivity contribution in [2.24, 2.45) is 5.92 Å². The van der Waals surface area contributed by atoms with Crippen LogP contribution in [0.2, 0.25) is 0 Å². The van der Waals surface area contributed by atoms with Crippen LogP contribution in [0.1, 0.15) is 79.3 Å². The number of benzene rings is 2. The number of esters is 2. The lowest BCUT2D eigenvalue weighted by Crippen LogP contribution is -2.24. The van der Waals surface area contributed by atoms with Crippen LogP contribution in [0.25, 0.3) is 6.08 Å². The highest BCUT2D eigenvalue weighted by Gasteiger charge is 2.24. The smallest absolute Gasteiger partial charge is 0.338 e. The van der Waals surface area contributed by atoms with E-state index in [-0.39, 0.29) is 18.7 Å². The number of allylic oxidation sites excluding steroid dienone is 1. The molecule has 0 amide bonds. The second-order valence-corrected chi connectivity index (χ2v) is 9.55. The van der Waals surface area contributed by atoms with Gasteiger partial charge in [-0.15, -0.1) is 6.58 Å². The number of hydrogen-bond acceptors (Lipinski definition) is 6. The Labute approximate surface area is 214 Å². The highest BCUT2D eigenvalue weighted by molar-refractivity contribution is 5.90. The third kappa shape index (κ3) is 9.25. The van der Waals surface area contributed by atoms with Crippen LogP contribution in [0, 0.1) is 5.92 Å². The lowest BCUT2D eigenvalue weighted by atomic mass is 9.84. The van der Waals surface area contributed by atoms with E-state index in [0.29, 0.717) is 16.9 Å². The van der Waals surface area contributed by atoms with Crippen LogP contribution in [0.3, 0.4) is 0 Å². The molecule has 0 aromatic heterocycles. The number of carbonyl (C=O) groups excluding carboxylic acids is 2. The molecule has 0 saturated heterocycles. The van der Waals surface area contributed by atoms with Gasteiger partial charge in [-0.2, -0.15) is 0 Å². The van der Waals surface area contributed by atoms with E-state index in [9.17, 15) is 9.59 Å². The molecule has 3 rings (SSSR count). The van der Waals surface area contributed by atoms with E-state index in [4.69, 9.17) is 20.9 Å². The van der Waals surface area contributed by atoms with Crippen molar-refractivity contribution < 1.29 is 19.1 Å². The van der Waals surface area contributed by atoms with E-state index in [2.05, 4.69) is 6.58 Å². The molecular formula is C30H38N2O4. The molecule has 0 unspecified atom stereocenters. The number of nitrogen functional groups attached to an aromatic ring is 2. The molecule has 2 aromatic rings. The minimum Gasteiger partial charge on any atom is -0.459 e. The molecule has 1 saturated carbocycles. The second-order valence-electron chi connectivity index (χ2n) is 9.55. The summed E-state index contributed by atoms with van der Waals surface area (Å²) in [6.07, 6.45) is 15.3. The van der Waals surface area contributed by atoms with Crippen LogP contribution in [-0.4, -0.2) is 18.0 Å². The highest BCUT2D eigenvalue weighted by Crippen LogP contribution is 2.30. The van der Waals surface area contributed by atoms with Crippen molar-refractivity contribution in [1.29, 1.82) is 0 Å². The molecule has 0 aliphatic heterocycles. The SMILES string of the molecule is C=CCCCCCC1CCC(OC(=O)c2ccc(/C=C/C(=O)OCc3cc(N)cc(N)c3)cc2)CC1. The van der Waals surface area contributed by atoms with E-state index in [1.54, 1.807) is 48.5 Å². The first-order chi connectivity index (χ1) is 17.4. The molecule has 6 nitrogen and oxygen atoms in total. The molecule has 4 N–H and O–H groups in total. The van der Waals surface area contributed by atoms with Gasteiger partial charge in [0.25, 0.3) is 0 Å². The Morgan fingerprint density at radius 3 is 2.31 bits per heavy atom. The van der Waals surface area contributed by atoms with Crippen LogP contribution >= 0.6 is 0 Å². The monoisotopic (exact) mass is 490 g/mol. The Kier molecular flexibility index (Phi) is 10.6. The van der Waals surface area contributed by atoms with Gasteiger partial charge in [0.15, 0.2) is 0 Å². The normalized spacial score (nSPS) is 17.6. The number of nitrogens with two attached hydrogens (primary N) is 2. The van der Waals surface area contributed by atoms with Crippen molar-refractivity contribution in [3.05, 3.63) is 77.9 Å². The number of hydrogen-bond donors (Lipinski definition) is 2. The fourth-order valence-corrected chi connectivity index (χ4v) is 4.58. The average molecular weight is 491 g/mol. The largest absolute Gasteiger partial charge is 0.459 e. The van der Waals surface area contributed by atoms with E-state index < -0.39 is 5.97 Å². The number of unbranched alkanes of at least 4 members (excludes halogenated alkanes) is 3. The number of carbonyl (C=O) groups is 2. The van der Waals surface area contributed by atoms with E-state index >= 15 is 0 Å². The molecule has 0 spiro atoms. The second kappa shape index (κ2) is 14.1. The summed E-state index contributed by atoms with van der Waals surface area (Å²) in [5, 5.41) is 0. The van der Waals surface area contributed by atoms with Gasteiger partial charge in [-0.1, -0.05) is 37.5 Å². The Hall–Kier alpha value is -3.54. The maximum Gasteiger partial charge on any atom is 0.338 e. The van der Waals surface area contributed by atoms with Crippen molar-refractivity contribution in [3.8, 4) is 0 Å². The van der Waals surface area contributed by atoms with Crippen molar-refractivity contribution in [2.75, 3.05) is 11.5 Å². The molecule has 192 valence electrons. The first-order valence-corrected chi connectivity index (χ1v) is 12.8. The van der Waals surface area contributed by atoms with Gasteiger partial charge in [0, 0.05) is 17.5 Å². The van der Waals surface area contributed by atoms with Gasteiger partial charge in [-0.05, 0) is 92.0 Å². The summed E-state index contributed by atoms with van der Waals surface area (Å²) < 4.78 is 11.0. The molecule has 0 atom stereocenters. The summed E-state index contributed by atoms with van der Waals surface area (Å²) in [4.78, 5) is 24.6. The van der Waals surface area contributed by atoms with E-state index in [0.717, 1.165) is 49.1 Å². The van der Waals surface area contributed by atoms with Crippen molar-refractivity contribution in [1.82, 2.24) is 0 Å². The Morgan fingerprint density at radius 1 is 0.944 bits per heavy atom. The van der Waals surface area contributed by atoms with Crippen molar-refractivity contribution >= 4 is 29.4 Å². The average Bonchev–Trinajstić information content (AvgIpc) is 2.87. The molecule has 6 heteroatoms.